The van der Waals surface area contributed by atoms with Crippen molar-refractivity contribution in [2.75, 3.05) is 27.2 Å². The maximum Gasteiger partial charge on any atom is 0.225 e. The molecule has 0 aliphatic carbocycles. The van der Waals surface area contributed by atoms with Crippen molar-refractivity contribution in [2.45, 2.75) is 26.9 Å². The van der Waals surface area contributed by atoms with Crippen molar-refractivity contribution in [3.05, 3.63) is 52.0 Å². The van der Waals surface area contributed by atoms with Crippen LogP contribution in [0.5, 0.6) is 0 Å². The summed E-state index contributed by atoms with van der Waals surface area (Å²) >= 11 is 12.1. The van der Waals surface area contributed by atoms with Crippen molar-refractivity contribution in [1.29, 1.82) is 0 Å². The maximum atomic E-state index is 12.6. The second-order valence-corrected chi connectivity index (χ2v) is 7.75. The molecular weight excluding hydrogens is 371 g/mol. The predicted octanol–water partition coefficient (Wildman–Crippen LogP) is 3.78. The topological polar surface area (TPSA) is 41.4 Å². The molecule has 1 aromatic carbocycles. The number of hydrogen-bond donors (Lipinski definition) is 0. The molecule has 0 radical (unpaired) electrons. The zero-order chi connectivity index (χ0) is 19.3. The fourth-order valence-corrected chi connectivity index (χ4v) is 2.91. The summed E-state index contributed by atoms with van der Waals surface area (Å²) < 4.78 is 2.04. The molecule has 0 unspecified atom stereocenters. The molecule has 0 aliphatic rings. The van der Waals surface area contributed by atoms with E-state index in [1.807, 2.05) is 55.7 Å². The van der Waals surface area contributed by atoms with Crippen molar-refractivity contribution < 1.29 is 4.79 Å². The Morgan fingerprint density at radius 3 is 2.54 bits per heavy atom. The Hall–Kier alpha value is -1.56. The monoisotopic (exact) mass is 396 g/mol. The van der Waals surface area contributed by atoms with Gasteiger partial charge in [0.1, 0.15) is 5.82 Å². The van der Waals surface area contributed by atoms with Gasteiger partial charge in [-0.25, -0.2) is 4.98 Å². The smallest absolute Gasteiger partial charge is 0.225 e. The number of hydrogen-bond acceptors (Lipinski definition) is 3. The van der Waals surface area contributed by atoms with E-state index in [0.29, 0.717) is 29.7 Å². The van der Waals surface area contributed by atoms with E-state index in [-0.39, 0.29) is 11.8 Å². The van der Waals surface area contributed by atoms with Crippen molar-refractivity contribution in [1.82, 2.24) is 19.4 Å². The molecule has 26 heavy (non-hydrogen) atoms. The SMILES string of the molecule is CC(C)C(=O)N(CCN(C)C)Cc1nccn1Cc1ccc(Cl)c(Cl)c1. The van der Waals surface area contributed by atoms with Crippen LogP contribution in [0.4, 0.5) is 0 Å². The average molecular weight is 397 g/mol. The number of imidazole rings is 1. The molecule has 1 aromatic heterocycles. The van der Waals surface area contributed by atoms with Crippen molar-refractivity contribution in [3.63, 3.8) is 0 Å². The lowest BCUT2D eigenvalue weighted by atomic mass is 10.2. The first kappa shape index (κ1) is 20.7. The third kappa shape index (κ3) is 5.73. The number of amides is 1. The number of benzene rings is 1. The molecule has 0 aliphatic heterocycles. The molecule has 0 N–H and O–H groups in total. The van der Waals surface area contributed by atoms with E-state index in [9.17, 15) is 4.79 Å². The highest BCUT2D eigenvalue weighted by Crippen LogP contribution is 2.23. The average Bonchev–Trinajstić information content (AvgIpc) is 3.00. The first-order valence-corrected chi connectivity index (χ1v) is 9.41. The highest BCUT2D eigenvalue weighted by Gasteiger charge is 2.19. The number of carbonyl (C=O) groups is 1. The molecule has 1 amide bonds. The van der Waals surface area contributed by atoms with Gasteiger partial charge in [-0.15, -0.1) is 0 Å². The van der Waals surface area contributed by atoms with Crippen LogP contribution in [0, 0.1) is 5.92 Å². The molecule has 142 valence electrons. The first-order valence-electron chi connectivity index (χ1n) is 8.65. The Morgan fingerprint density at radius 2 is 1.92 bits per heavy atom. The van der Waals surface area contributed by atoms with Gasteiger partial charge in [0.25, 0.3) is 0 Å². The molecular formula is C19H26Cl2N4O. The minimum atomic E-state index is -0.0457. The Labute approximate surface area is 165 Å². The normalized spacial score (nSPS) is 11.4. The largest absolute Gasteiger partial charge is 0.334 e. The van der Waals surface area contributed by atoms with Gasteiger partial charge in [-0.3, -0.25) is 4.79 Å². The van der Waals surface area contributed by atoms with Crippen LogP contribution < -0.4 is 0 Å². The van der Waals surface area contributed by atoms with Crippen LogP contribution in [0.1, 0.15) is 25.2 Å². The van der Waals surface area contributed by atoms with Gasteiger partial charge in [-0.1, -0.05) is 43.1 Å². The van der Waals surface area contributed by atoms with E-state index in [0.717, 1.165) is 17.9 Å². The van der Waals surface area contributed by atoms with Crippen LogP contribution in [-0.4, -0.2) is 52.4 Å². The fraction of sp³-hybridized carbons (Fsp3) is 0.474. The van der Waals surface area contributed by atoms with Gasteiger partial charge in [0.2, 0.25) is 5.91 Å². The highest BCUT2D eigenvalue weighted by atomic mass is 35.5. The summed E-state index contributed by atoms with van der Waals surface area (Å²) in [6.07, 6.45) is 3.68. The third-order valence-electron chi connectivity index (χ3n) is 4.09. The zero-order valence-electron chi connectivity index (χ0n) is 15.7. The number of aromatic nitrogens is 2. The van der Waals surface area contributed by atoms with Gasteiger partial charge >= 0.3 is 0 Å². The van der Waals surface area contributed by atoms with Crippen molar-refractivity contribution >= 4 is 29.1 Å². The van der Waals surface area contributed by atoms with Crippen LogP contribution in [0.3, 0.4) is 0 Å². The van der Waals surface area contributed by atoms with Crippen LogP contribution >= 0.6 is 23.2 Å². The minimum Gasteiger partial charge on any atom is -0.334 e. The summed E-state index contributed by atoms with van der Waals surface area (Å²) in [5.41, 5.74) is 1.04. The number of carbonyl (C=O) groups excluding carboxylic acids is 1. The standard InChI is InChI=1S/C19H26Cl2N4O/c1-14(2)19(26)25(10-9-23(3)4)13-18-22-7-8-24(18)12-15-5-6-16(20)17(21)11-15/h5-8,11,14H,9-10,12-13H2,1-4H3. The van der Waals surface area contributed by atoms with Gasteiger partial charge in [0.15, 0.2) is 0 Å². The van der Waals surface area contributed by atoms with Gasteiger partial charge < -0.3 is 14.4 Å². The summed E-state index contributed by atoms with van der Waals surface area (Å²) in [5, 5.41) is 1.08. The fourth-order valence-electron chi connectivity index (χ4n) is 2.59. The highest BCUT2D eigenvalue weighted by molar-refractivity contribution is 6.42. The number of rotatable bonds is 8. The molecule has 0 bridgehead atoms. The van der Waals surface area contributed by atoms with E-state index in [4.69, 9.17) is 23.2 Å². The Bertz CT molecular complexity index is 743. The summed E-state index contributed by atoms with van der Waals surface area (Å²) in [7, 11) is 4.01. The quantitative estimate of drug-likeness (QED) is 0.681. The van der Waals surface area contributed by atoms with Gasteiger partial charge in [-0.2, -0.15) is 0 Å². The molecule has 0 saturated heterocycles. The minimum absolute atomic E-state index is 0.0457. The molecule has 2 rings (SSSR count). The number of halogens is 2. The molecule has 2 aromatic rings. The Morgan fingerprint density at radius 1 is 1.19 bits per heavy atom. The van der Waals surface area contributed by atoms with E-state index >= 15 is 0 Å². The van der Waals surface area contributed by atoms with Crippen molar-refractivity contribution in [2.24, 2.45) is 5.92 Å². The van der Waals surface area contributed by atoms with E-state index in [1.54, 1.807) is 12.3 Å². The zero-order valence-corrected chi connectivity index (χ0v) is 17.3. The summed E-state index contributed by atoms with van der Waals surface area (Å²) in [4.78, 5) is 21.0. The van der Waals surface area contributed by atoms with Crippen molar-refractivity contribution in [3.8, 4) is 0 Å². The lowest BCUT2D eigenvalue weighted by Gasteiger charge is -2.26. The third-order valence-corrected chi connectivity index (χ3v) is 4.83. The molecule has 0 spiro atoms. The predicted molar refractivity (Wildman–Crippen MR) is 107 cm³/mol. The van der Waals surface area contributed by atoms with E-state index in [1.165, 1.54) is 0 Å². The number of nitrogens with zero attached hydrogens (tertiary/aromatic N) is 4. The van der Waals surface area contributed by atoms with Gasteiger partial charge in [0.05, 0.1) is 16.6 Å². The van der Waals surface area contributed by atoms with E-state index in [2.05, 4.69) is 9.88 Å². The molecule has 1 heterocycles. The lowest BCUT2D eigenvalue weighted by Crippen LogP contribution is -2.39. The van der Waals surface area contributed by atoms with Crippen LogP contribution in [0.2, 0.25) is 10.0 Å². The molecule has 0 saturated carbocycles. The second-order valence-electron chi connectivity index (χ2n) is 6.94. The summed E-state index contributed by atoms with van der Waals surface area (Å²) in [5.74, 6) is 0.940. The molecule has 0 fully saturated rings. The summed E-state index contributed by atoms with van der Waals surface area (Å²) in [6.45, 7) is 6.44. The molecule has 0 atom stereocenters. The molecule has 7 heteroatoms. The van der Waals surface area contributed by atoms with Crippen LogP contribution in [0.15, 0.2) is 30.6 Å². The maximum absolute atomic E-state index is 12.6. The van der Waals surface area contributed by atoms with Crippen LogP contribution in [0.25, 0.3) is 0 Å². The lowest BCUT2D eigenvalue weighted by molar-refractivity contribution is -0.135. The van der Waals surface area contributed by atoms with E-state index < -0.39 is 0 Å². The summed E-state index contributed by atoms with van der Waals surface area (Å²) in [6, 6.07) is 5.60. The van der Waals surface area contributed by atoms with Crippen LogP contribution in [-0.2, 0) is 17.9 Å². The number of likely N-dealkylation sites (N-methyl/N-ethyl adjacent to an activating group) is 1. The van der Waals surface area contributed by atoms with Gasteiger partial charge in [-0.05, 0) is 31.8 Å². The first-order chi connectivity index (χ1) is 12.3. The molecule has 5 nitrogen and oxygen atoms in total. The Balaban J connectivity index is 2.15. The second kappa shape index (κ2) is 9.40. The van der Waals surface area contributed by atoms with Gasteiger partial charge in [0, 0.05) is 37.9 Å². The Kier molecular flexibility index (Phi) is 7.50.